The zero-order chi connectivity index (χ0) is 19.4. The summed E-state index contributed by atoms with van der Waals surface area (Å²) in [5.41, 5.74) is 6.36. The van der Waals surface area contributed by atoms with Crippen molar-refractivity contribution in [1.82, 2.24) is 14.9 Å². The number of nitrogens with two attached hydrogens (primary N) is 1. The second kappa shape index (κ2) is 8.22. The van der Waals surface area contributed by atoms with E-state index in [1.54, 1.807) is 23.1 Å². The van der Waals surface area contributed by atoms with Crippen molar-refractivity contribution in [3.63, 3.8) is 0 Å². The Bertz CT molecular complexity index is 784. The van der Waals surface area contributed by atoms with Crippen molar-refractivity contribution in [3.8, 4) is 5.88 Å². The van der Waals surface area contributed by atoms with E-state index in [0.717, 1.165) is 0 Å². The van der Waals surface area contributed by atoms with Gasteiger partial charge in [-0.2, -0.15) is 9.97 Å². The largest absolute Gasteiger partial charge is 0.475 e. The zero-order valence-corrected chi connectivity index (χ0v) is 15.5. The Labute approximate surface area is 158 Å². The van der Waals surface area contributed by atoms with E-state index in [9.17, 15) is 9.90 Å². The molecule has 2 aromatic rings. The first-order valence-electron chi connectivity index (χ1n) is 9.02. The maximum Gasteiger partial charge on any atom is 0.253 e. The Kier molecular flexibility index (Phi) is 5.75. The van der Waals surface area contributed by atoms with Crippen LogP contribution < -0.4 is 15.8 Å². The first kappa shape index (κ1) is 18.9. The third-order valence-electron chi connectivity index (χ3n) is 4.30. The molecule has 2 heterocycles. The van der Waals surface area contributed by atoms with Crippen LogP contribution in [-0.4, -0.2) is 57.2 Å². The molecule has 1 aromatic heterocycles. The van der Waals surface area contributed by atoms with E-state index in [1.807, 2.05) is 32.0 Å². The average Bonchev–Trinajstić information content (AvgIpc) is 2.62. The van der Waals surface area contributed by atoms with Gasteiger partial charge in [0.2, 0.25) is 11.8 Å². The lowest BCUT2D eigenvalue weighted by atomic mass is 10.0. The minimum atomic E-state index is -0.725. The van der Waals surface area contributed by atoms with E-state index < -0.39 is 6.10 Å². The molecule has 2 atom stereocenters. The van der Waals surface area contributed by atoms with Crippen LogP contribution in [0.4, 0.5) is 11.8 Å². The molecular formula is C19H25N5O3. The van der Waals surface area contributed by atoms with Crippen molar-refractivity contribution in [1.29, 1.82) is 0 Å². The molecule has 8 heteroatoms. The third kappa shape index (κ3) is 4.85. The maximum absolute atomic E-state index is 12.5. The summed E-state index contributed by atoms with van der Waals surface area (Å²) >= 11 is 0. The number of hydrogen-bond donors (Lipinski definition) is 3. The van der Waals surface area contributed by atoms with Gasteiger partial charge in [-0.15, -0.1) is 0 Å². The summed E-state index contributed by atoms with van der Waals surface area (Å²) in [7, 11) is 0. The minimum absolute atomic E-state index is 0.0371. The Hall–Kier alpha value is -2.87. The summed E-state index contributed by atoms with van der Waals surface area (Å²) in [6.45, 7) is 4.59. The number of carbonyl (C=O) groups is 1. The molecule has 0 aliphatic carbocycles. The highest BCUT2D eigenvalue weighted by Gasteiger charge is 2.31. The monoisotopic (exact) mass is 371 g/mol. The fourth-order valence-corrected chi connectivity index (χ4v) is 3.06. The number of carbonyl (C=O) groups excluding carboxylic acids is 1. The van der Waals surface area contributed by atoms with Crippen LogP contribution in [0.1, 0.15) is 30.6 Å². The van der Waals surface area contributed by atoms with Crippen LogP contribution in [0.3, 0.4) is 0 Å². The van der Waals surface area contributed by atoms with E-state index >= 15 is 0 Å². The maximum atomic E-state index is 12.5. The van der Waals surface area contributed by atoms with Gasteiger partial charge in [-0.3, -0.25) is 4.79 Å². The van der Waals surface area contributed by atoms with Gasteiger partial charge in [-0.25, -0.2) is 0 Å². The van der Waals surface area contributed by atoms with Gasteiger partial charge in [0, 0.05) is 24.7 Å². The number of piperidine rings is 1. The first-order chi connectivity index (χ1) is 12.9. The second-order valence-electron chi connectivity index (χ2n) is 6.84. The van der Waals surface area contributed by atoms with Crippen molar-refractivity contribution in [2.75, 3.05) is 24.1 Å². The van der Waals surface area contributed by atoms with Gasteiger partial charge >= 0.3 is 0 Å². The highest BCUT2D eigenvalue weighted by atomic mass is 16.5. The fourth-order valence-electron chi connectivity index (χ4n) is 3.06. The van der Waals surface area contributed by atoms with E-state index in [2.05, 4.69) is 15.3 Å². The van der Waals surface area contributed by atoms with Crippen LogP contribution in [0.2, 0.25) is 0 Å². The number of β-amino-alcohol motifs (C(OH)–C–C–N with tert-alkyl or cyclic N) is 1. The van der Waals surface area contributed by atoms with Crippen molar-refractivity contribution >= 4 is 17.7 Å². The number of anilines is 2. The molecule has 1 saturated heterocycles. The molecule has 0 saturated carbocycles. The molecule has 0 spiro atoms. The van der Waals surface area contributed by atoms with E-state index in [0.29, 0.717) is 30.2 Å². The number of amides is 1. The van der Waals surface area contributed by atoms with Crippen LogP contribution in [0.15, 0.2) is 36.4 Å². The average molecular weight is 371 g/mol. The van der Waals surface area contributed by atoms with E-state index in [1.165, 1.54) is 0 Å². The highest BCUT2D eigenvalue weighted by Crippen LogP contribution is 2.21. The molecule has 0 radical (unpaired) electrons. The summed E-state index contributed by atoms with van der Waals surface area (Å²) in [6.07, 6.45) is -0.175. The highest BCUT2D eigenvalue weighted by molar-refractivity contribution is 5.94. The molecule has 27 heavy (non-hydrogen) atoms. The van der Waals surface area contributed by atoms with Gasteiger partial charge < -0.3 is 25.8 Å². The zero-order valence-electron chi connectivity index (χ0n) is 15.5. The molecule has 0 bridgehead atoms. The molecule has 4 N–H and O–H groups in total. The van der Waals surface area contributed by atoms with Crippen molar-refractivity contribution in [2.24, 2.45) is 0 Å². The van der Waals surface area contributed by atoms with Gasteiger partial charge in [-0.1, -0.05) is 18.2 Å². The van der Waals surface area contributed by atoms with Gasteiger partial charge in [0.1, 0.15) is 5.82 Å². The molecule has 8 nitrogen and oxygen atoms in total. The Morgan fingerprint density at radius 3 is 2.74 bits per heavy atom. The summed E-state index contributed by atoms with van der Waals surface area (Å²) in [4.78, 5) is 22.4. The molecule has 3 rings (SSSR count). The Morgan fingerprint density at radius 2 is 2.07 bits per heavy atom. The van der Waals surface area contributed by atoms with Crippen LogP contribution in [0.5, 0.6) is 5.88 Å². The number of likely N-dealkylation sites (tertiary alicyclic amines) is 1. The van der Waals surface area contributed by atoms with Crippen molar-refractivity contribution in [2.45, 2.75) is 38.5 Å². The number of rotatable bonds is 5. The van der Waals surface area contributed by atoms with Crippen molar-refractivity contribution < 1.29 is 14.6 Å². The van der Waals surface area contributed by atoms with Crippen LogP contribution in [-0.2, 0) is 0 Å². The number of aliphatic hydroxyl groups excluding tert-OH is 1. The van der Waals surface area contributed by atoms with Crippen LogP contribution in [0.25, 0.3) is 0 Å². The van der Waals surface area contributed by atoms with Crippen LogP contribution >= 0.6 is 0 Å². The standard InChI is InChI=1S/C19H25N5O3/c1-12(2)27-17-10-16(22-19(20)23-17)21-14-8-9-24(11-15(14)25)18(26)13-6-4-3-5-7-13/h3-7,10,12,14-15,25H,8-9,11H2,1-2H3,(H3,20,21,22,23)/t14-,15-/m1/s1. The Balaban J connectivity index is 1.64. The second-order valence-corrected chi connectivity index (χ2v) is 6.84. The lowest BCUT2D eigenvalue weighted by Crippen LogP contribution is -2.51. The number of aliphatic hydroxyl groups is 1. The van der Waals surface area contributed by atoms with E-state index in [4.69, 9.17) is 10.5 Å². The number of aromatic nitrogens is 2. The SMILES string of the molecule is CC(C)Oc1cc(N[C@@H]2CCN(C(=O)c3ccccc3)C[C@H]2O)nc(N)n1. The number of nitrogens with one attached hydrogen (secondary N) is 1. The molecule has 1 aromatic carbocycles. The number of hydrogen-bond acceptors (Lipinski definition) is 7. The van der Waals surface area contributed by atoms with Crippen LogP contribution in [0, 0.1) is 0 Å². The molecule has 1 aliphatic heterocycles. The summed E-state index contributed by atoms with van der Waals surface area (Å²) < 4.78 is 5.56. The molecule has 1 amide bonds. The van der Waals surface area contributed by atoms with Gasteiger partial charge in [-0.05, 0) is 32.4 Å². The molecule has 1 aliphatic rings. The lowest BCUT2D eigenvalue weighted by molar-refractivity contribution is 0.0426. The number of nitrogen functional groups attached to an aromatic ring is 1. The predicted molar refractivity (Wildman–Crippen MR) is 103 cm³/mol. The normalized spacial score (nSPS) is 19.8. The summed E-state index contributed by atoms with van der Waals surface area (Å²) in [5.74, 6) is 0.894. The summed E-state index contributed by atoms with van der Waals surface area (Å²) in [5, 5.41) is 13.7. The van der Waals surface area contributed by atoms with Gasteiger partial charge in [0.25, 0.3) is 5.91 Å². The fraction of sp³-hybridized carbons (Fsp3) is 0.421. The molecule has 144 valence electrons. The van der Waals surface area contributed by atoms with Gasteiger partial charge in [0.05, 0.1) is 18.2 Å². The molecular weight excluding hydrogens is 346 g/mol. The molecule has 1 fully saturated rings. The number of nitrogens with zero attached hydrogens (tertiary/aromatic N) is 3. The minimum Gasteiger partial charge on any atom is -0.475 e. The molecule has 0 unspecified atom stereocenters. The van der Waals surface area contributed by atoms with Crippen molar-refractivity contribution in [3.05, 3.63) is 42.0 Å². The van der Waals surface area contributed by atoms with Gasteiger partial charge in [0.15, 0.2) is 0 Å². The topological polar surface area (TPSA) is 114 Å². The smallest absolute Gasteiger partial charge is 0.253 e. The summed E-state index contributed by atoms with van der Waals surface area (Å²) in [6, 6.07) is 10.5. The Morgan fingerprint density at radius 1 is 1.33 bits per heavy atom. The first-order valence-corrected chi connectivity index (χ1v) is 9.02. The van der Waals surface area contributed by atoms with E-state index in [-0.39, 0.29) is 30.5 Å². The number of benzene rings is 1. The lowest BCUT2D eigenvalue weighted by Gasteiger charge is -2.36. The third-order valence-corrected chi connectivity index (χ3v) is 4.30. The quantitative estimate of drug-likeness (QED) is 0.730. The number of ether oxygens (including phenoxy) is 1. The predicted octanol–water partition coefficient (Wildman–Crippen LogP) is 1.53.